The van der Waals surface area contributed by atoms with E-state index in [4.69, 9.17) is 0 Å². The van der Waals surface area contributed by atoms with Gasteiger partial charge in [0.1, 0.15) is 5.82 Å². The fourth-order valence-corrected chi connectivity index (χ4v) is 2.22. The fraction of sp³-hybridized carbons (Fsp3) is 0.417. The molecule has 18 heavy (non-hydrogen) atoms. The van der Waals surface area contributed by atoms with Gasteiger partial charge in [-0.25, -0.2) is 4.39 Å². The SMILES string of the molecule is Cl.O=C(NC1CCCNC1)c1ccc(I)c(F)c1. The second kappa shape index (κ2) is 7.25. The summed E-state index contributed by atoms with van der Waals surface area (Å²) in [6, 6.07) is 4.70. The monoisotopic (exact) mass is 384 g/mol. The summed E-state index contributed by atoms with van der Waals surface area (Å²) in [5.74, 6) is -0.547. The second-order valence-electron chi connectivity index (χ2n) is 4.15. The van der Waals surface area contributed by atoms with Gasteiger partial charge in [0.15, 0.2) is 0 Å². The van der Waals surface area contributed by atoms with Gasteiger partial charge < -0.3 is 10.6 Å². The summed E-state index contributed by atoms with van der Waals surface area (Å²) < 4.78 is 13.8. The topological polar surface area (TPSA) is 41.1 Å². The van der Waals surface area contributed by atoms with Crippen LogP contribution >= 0.6 is 35.0 Å². The highest BCUT2D eigenvalue weighted by molar-refractivity contribution is 14.1. The molecule has 1 amide bonds. The Bertz CT molecular complexity index is 425. The lowest BCUT2D eigenvalue weighted by molar-refractivity contribution is 0.0930. The largest absolute Gasteiger partial charge is 0.348 e. The minimum absolute atomic E-state index is 0. The molecule has 1 atom stereocenters. The van der Waals surface area contributed by atoms with Gasteiger partial charge in [0.2, 0.25) is 0 Å². The maximum atomic E-state index is 13.3. The zero-order valence-electron chi connectivity index (χ0n) is 9.71. The quantitative estimate of drug-likeness (QED) is 0.769. The molecule has 1 aliphatic heterocycles. The summed E-state index contributed by atoms with van der Waals surface area (Å²) in [4.78, 5) is 11.9. The second-order valence-corrected chi connectivity index (χ2v) is 5.31. The van der Waals surface area contributed by atoms with Crippen LogP contribution in [0.15, 0.2) is 18.2 Å². The minimum atomic E-state index is -0.347. The van der Waals surface area contributed by atoms with Crippen LogP contribution in [0.3, 0.4) is 0 Å². The standard InChI is InChI=1S/C12H14FIN2O.ClH/c13-10-6-8(3-4-11(10)14)12(17)16-9-2-1-5-15-7-9;/h3-4,6,9,15H,1-2,5,7H2,(H,16,17);1H. The number of hydrogen-bond donors (Lipinski definition) is 2. The molecule has 0 spiro atoms. The van der Waals surface area contributed by atoms with Crippen molar-refractivity contribution in [3.8, 4) is 0 Å². The molecule has 0 radical (unpaired) electrons. The number of piperidine rings is 1. The number of carbonyl (C=O) groups excluding carboxylic acids is 1. The molecule has 2 N–H and O–H groups in total. The molecule has 1 heterocycles. The number of rotatable bonds is 2. The first-order chi connectivity index (χ1) is 8.16. The first kappa shape index (κ1) is 15.7. The van der Waals surface area contributed by atoms with Crippen molar-refractivity contribution in [1.29, 1.82) is 0 Å². The van der Waals surface area contributed by atoms with Gasteiger partial charge in [-0.1, -0.05) is 0 Å². The van der Waals surface area contributed by atoms with Crippen LogP contribution in [0.4, 0.5) is 4.39 Å². The molecule has 1 aromatic carbocycles. The third-order valence-electron chi connectivity index (χ3n) is 2.81. The Labute approximate surface area is 125 Å². The molecule has 1 aliphatic rings. The van der Waals surface area contributed by atoms with Gasteiger partial charge >= 0.3 is 0 Å². The molecular formula is C12H15ClFIN2O. The molecular weight excluding hydrogens is 370 g/mol. The average Bonchev–Trinajstić information content (AvgIpc) is 2.34. The molecule has 100 valence electrons. The van der Waals surface area contributed by atoms with Crippen molar-refractivity contribution in [1.82, 2.24) is 10.6 Å². The van der Waals surface area contributed by atoms with Crippen LogP contribution in [0.1, 0.15) is 23.2 Å². The van der Waals surface area contributed by atoms with Gasteiger partial charge in [0.25, 0.3) is 5.91 Å². The van der Waals surface area contributed by atoms with Crippen molar-refractivity contribution in [2.75, 3.05) is 13.1 Å². The Morgan fingerprint density at radius 3 is 2.89 bits per heavy atom. The van der Waals surface area contributed by atoms with Gasteiger partial charge in [0.05, 0.1) is 0 Å². The van der Waals surface area contributed by atoms with Crippen LogP contribution in [-0.4, -0.2) is 25.0 Å². The van der Waals surface area contributed by atoms with E-state index in [1.807, 2.05) is 22.6 Å². The summed E-state index contributed by atoms with van der Waals surface area (Å²) >= 11 is 1.90. The number of carbonyl (C=O) groups is 1. The molecule has 3 nitrogen and oxygen atoms in total. The van der Waals surface area contributed by atoms with Crippen LogP contribution in [0.2, 0.25) is 0 Å². The van der Waals surface area contributed by atoms with Gasteiger partial charge in [-0.05, 0) is 60.2 Å². The first-order valence-electron chi connectivity index (χ1n) is 5.63. The maximum Gasteiger partial charge on any atom is 0.251 e. The Morgan fingerprint density at radius 1 is 1.50 bits per heavy atom. The van der Waals surface area contributed by atoms with Gasteiger partial charge in [0, 0.05) is 21.7 Å². The molecule has 0 bridgehead atoms. The molecule has 0 aliphatic carbocycles. The number of hydrogen-bond acceptors (Lipinski definition) is 2. The lowest BCUT2D eigenvalue weighted by Gasteiger charge is -2.23. The molecule has 1 saturated heterocycles. The van der Waals surface area contributed by atoms with Crippen LogP contribution in [0, 0.1) is 9.39 Å². The number of amides is 1. The number of nitrogens with one attached hydrogen (secondary N) is 2. The van der Waals surface area contributed by atoms with E-state index in [2.05, 4.69) is 10.6 Å². The third kappa shape index (κ3) is 4.07. The van der Waals surface area contributed by atoms with Crippen molar-refractivity contribution in [2.24, 2.45) is 0 Å². The zero-order valence-corrected chi connectivity index (χ0v) is 12.7. The highest BCUT2D eigenvalue weighted by Crippen LogP contribution is 2.13. The predicted octanol–water partition coefficient (Wildman–Crippen LogP) is 2.33. The third-order valence-corrected chi connectivity index (χ3v) is 3.69. The van der Waals surface area contributed by atoms with E-state index >= 15 is 0 Å². The summed E-state index contributed by atoms with van der Waals surface area (Å²) in [6.45, 7) is 1.79. The van der Waals surface area contributed by atoms with E-state index < -0.39 is 0 Å². The van der Waals surface area contributed by atoms with Crippen molar-refractivity contribution in [2.45, 2.75) is 18.9 Å². The maximum absolute atomic E-state index is 13.3. The molecule has 1 fully saturated rings. The summed E-state index contributed by atoms with van der Waals surface area (Å²) in [5, 5.41) is 6.13. The zero-order chi connectivity index (χ0) is 12.3. The van der Waals surface area contributed by atoms with Crippen molar-refractivity contribution < 1.29 is 9.18 Å². The molecule has 1 aromatic rings. The Morgan fingerprint density at radius 2 is 2.28 bits per heavy atom. The number of benzene rings is 1. The van der Waals surface area contributed by atoms with Gasteiger partial charge in [-0.2, -0.15) is 0 Å². The van der Waals surface area contributed by atoms with Crippen LogP contribution in [0.5, 0.6) is 0 Å². The minimum Gasteiger partial charge on any atom is -0.348 e. The summed E-state index contributed by atoms with van der Waals surface area (Å²) in [6.07, 6.45) is 2.04. The van der Waals surface area contributed by atoms with Gasteiger partial charge in [-0.3, -0.25) is 4.79 Å². The fourth-order valence-electron chi connectivity index (χ4n) is 1.88. The van der Waals surface area contributed by atoms with Crippen molar-refractivity contribution >= 4 is 40.9 Å². The highest BCUT2D eigenvalue weighted by Gasteiger charge is 2.16. The van der Waals surface area contributed by atoms with Crippen molar-refractivity contribution in [3.63, 3.8) is 0 Å². The van der Waals surface area contributed by atoms with E-state index in [9.17, 15) is 9.18 Å². The van der Waals surface area contributed by atoms with Gasteiger partial charge in [-0.15, -0.1) is 12.4 Å². The smallest absolute Gasteiger partial charge is 0.251 e. The average molecular weight is 385 g/mol. The van der Waals surface area contributed by atoms with Crippen LogP contribution in [-0.2, 0) is 0 Å². The molecule has 0 aromatic heterocycles. The highest BCUT2D eigenvalue weighted by atomic mass is 127. The molecule has 1 unspecified atom stereocenters. The summed E-state index contributed by atoms with van der Waals surface area (Å²) in [5.41, 5.74) is 0.383. The molecule has 2 rings (SSSR count). The van der Waals surface area contributed by atoms with E-state index in [1.54, 1.807) is 12.1 Å². The van der Waals surface area contributed by atoms with E-state index in [1.165, 1.54) is 6.07 Å². The lowest BCUT2D eigenvalue weighted by Crippen LogP contribution is -2.45. The Kier molecular flexibility index (Phi) is 6.31. The van der Waals surface area contributed by atoms with Crippen molar-refractivity contribution in [3.05, 3.63) is 33.1 Å². The lowest BCUT2D eigenvalue weighted by atomic mass is 10.1. The van der Waals surface area contributed by atoms with Crippen LogP contribution < -0.4 is 10.6 Å². The molecule has 0 saturated carbocycles. The van der Waals surface area contributed by atoms with E-state index in [-0.39, 0.29) is 30.2 Å². The summed E-state index contributed by atoms with van der Waals surface area (Å²) in [7, 11) is 0. The molecule has 6 heteroatoms. The predicted molar refractivity (Wildman–Crippen MR) is 79.7 cm³/mol. The number of halogens is 3. The first-order valence-corrected chi connectivity index (χ1v) is 6.71. The van der Waals surface area contributed by atoms with Crippen LogP contribution in [0.25, 0.3) is 0 Å². The Hall–Kier alpha value is -0.400. The Balaban J connectivity index is 0.00000162. The van der Waals surface area contributed by atoms with E-state index in [0.29, 0.717) is 9.13 Å². The van der Waals surface area contributed by atoms with E-state index in [0.717, 1.165) is 25.9 Å². The normalized spacial score (nSPS) is 18.9.